The van der Waals surface area contributed by atoms with Crippen molar-refractivity contribution >= 4 is 11.0 Å². The molecule has 5 heteroatoms. The van der Waals surface area contributed by atoms with Crippen LogP contribution in [-0.2, 0) is 6.42 Å². The number of ether oxygens (including phenoxy) is 2. The molecule has 24 heavy (non-hydrogen) atoms. The second-order valence-electron chi connectivity index (χ2n) is 5.54. The third-order valence-electron chi connectivity index (χ3n) is 3.95. The van der Waals surface area contributed by atoms with Gasteiger partial charge in [-0.3, -0.25) is 0 Å². The molecule has 0 amide bonds. The lowest BCUT2D eigenvalue weighted by atomic mass is 10.1. The Morgan fingerprint density at radius 1 is 1.00 bits per heavy atom. The summed E-state index contributed by atoms with van der Waals surface area (Å²) in [5.41, 5.74) is 2.57. The standard InChI is InChI=1S/C19H20O5/c1-22-17-10-13(5-6-15(17)21)16-11-14-8-12(4-3-7-20)9-18(23-2)19(14)24-16/h5-6,8-11,20-21H,3-4,7H2,1-2H3. The number of benzene rings is 2. The lowest BCUT2D eigenvalue weighted by molar-refractivity contribution is 0.288. The first kappa shape index (κ1) is 16.2. The van der Waals surface area contributed by atoms with Gasteiger partial charge >= 0.3 is 0 Å². The number of aryl methyl sites for hydroxylation is 1. The molecule has 126 valence electrons. The number of methoxy groups -OCH3 is 2. The normalized spacial score (nSPS) is 11.0. The lowest BCUT2D eigenvalue weighted by Gasteiger charge is -2.05. The quantitative estimate of drug-likeness (QED) is 0.721. The summed E-state index contributed by atoms with van der Waals surface area (Å²) >= 11 is 0. The molecule has 0 atom stereocenters. The Balaban J connectivity index is 2.07. The van der Waals surface area contributed by atoms with E-state index in [1.165, 1.54) is 7.11 Å². The van der Waals surface area contributed by atoms with Crippen molar-refractivity contribution < 1.29 is 24.1 Å². The summed E-state index contributed by atoms with van der Waals surface area (Å²) in [4.78, 5) is 0. The molecule has 5 nitrogen and oxygen atoms in total. The molecular formula is C19H20O5. The molecule has 0 bridgehead atoms. The number of phenolic OH excluding ortho intramolecular Hbond substituents is 1. The van der Waals surface area contributed by atoms with Gasteiger partial charge in [-0.05, 0) is 54.8 Å². The topological polar surface area (TPSA) is 72.1 Å². The second-order valence-corrected chi connectivity index (χ2v) is 5.54. The first-order chi connectivity index (χ1) is 11.7. The fraction of sp³-hybridized carbons (Fsp3) is 0.263. The molecule has 3 rings (SSSR count). The monoisotopic (exact) mass is 328 g/mol. The zero-order valence-electron chi connectivity index (χ0n) is 13.7. The van der Waals surface area contributed by atoms with Crippen LogP contribution in [0.2, 0.25) is 0 Å². The molecular weight excluding hydrogens is 308 g/mol. The summed E-state index contributed by atoms with van der Waals surface area (Å²) < 4.78 is 16.6. The van der Waals surface area contributed by atoms with Gasteiger partial charge in [0.25, 0.3) is 0 Å². The fourth-order valence-electron chi connectivity index (χ4n) is 2.73. The molecule has 0 saturated carbocycles. The maximum atomic E-state index is 9.73. The molecule has 0 saturated heterocycles. The third kappa shape index (κ3) is 3.03. The van der Waals surface area contributed by atoms with Crippen LogP contribution in [-0.4, -0.2) is 31.0 Å². The SMILES string of the molecule is COc1cc(-c2cc3cc(CCCO)cc(OC)c3o2)ccc1O. The second kappa shape index (κ2) is 6.84. The number of hydrogen-bond donors (Lipinski definition) is 2. The Morgan fingerprint density at radius 2 is 1.79 bits per heavy atom. The average molecular weight is 328 g/mol. The van der Waals surface area contributed by atoms with Gasteiger partial charge in [-0.2, -0.15) is 0 Å². The van der Waals surface area contributed by atoms with Gasteiger partial charge in [-0.1, -0.05) is 0 Å². The minimum absolute atomic E-state index is 0.0845. The highest BCUT2D eigenvalue weighted by Crippen LogP contribution is 2.37. The van der Waals surface area contributed by atoms with Gasteiger partial charge in [0.15, 0.2) is 22.8 Å². The van der Waals surface area contributed by atoms with Crippen molar-refractivity contribution in [2.75, 3.05) is 20.8 Å². The van der Waals surface area contributed by atoms with Crippen molar-refractivity contribution in [3.8, 4) is 28.6 Å². The van der Waals surface area contributed by atoms with Crippen molar-refractivity contribution in [3.05, 3.63) is 42.0 Å². The van der Waals surface area contributed by atoms with E-state index in [1.54, 1.807) is 25.3 Å². The van der Waals surface area contributed by atoms with Crippen molar-refractivity contribution in [1.82, 2.24) is 0 Å². The molecule has 2 N–H and O–H groups in total. The number of phenols is 1. The zero-order chi connectivity index (χ0) is 17.1. The van der Waals surface area contributed by atoms with Crippen LogP contribution in [0.1, 0.15) is 12.0 Å². The van der Waals surface area contributed by atoms with Crippen molar-refractivity contribution in [3.63, 3.8) is 0 Å². The Labute approximate surface area is 140 Å². The predicted octanol–water partition coefficient (Wildman–Crippen LogP) is 3.75. The van der Waals surface area contributed by atoms with E-state index in [0.717, 1.165) is 22.9 Å². The van der Waals surface area contributed by atoms with Crippen LogP contribution in [0.5, 0.6) is 17.2 Å². The number of aliphatic hydroxyl groups is 1. The van der Waals surface area contributed by atoms with E-state index in [9.17, 15) is 5.11 Å². The number of fused-ring (bicyclic) bond motifs is 1. The first-order valence-corrected chi connectivity index (χ1v) is 7.75. The number of furan rings is 1. The molecule has 0 aliphatic carbocycles. The van der Waals surface area contributed by atoms with Crippen LogP contribution in [0.15, 0.2) is 40.8 Å². The van der Waals surface area contributed by atoms with Gasteiger partial charge in [0.1, 0.15) is 5.76 Å². The molecule has 0 aliphatic heterocycles. The average Bonchev–Trinajstić information content (AvgIpc) is 3.03. The van der Waals surface area contributed by atoms with Crippen LogP contribution in [0.4, 0.5) is 0 Å². The lowest BCUT2D eigenvalue weighted by Crippen LogP contribution is -1.91. The molecule has 0 aliphatic rings. The Hall–Kier alpha value is -2.66. The van der Waals surface area contributed by atoms with Gasteiger partial charge < -0.3 is 24.1 Å². The minimum Gasteiger partial charge on any atom is -0.504 e. The van der Waals surface area contributed by atoms with Crippen LogP contribution in [0.25, 0.3) is 22.3 Å². The highest BCUT2D eigenvalue weighted by Gasteiger charge is 2.14. The molecule has 0 radical (unpaired) electrons. The number of hydrogen-bond acceptors (Lipinski definition) is 5. The van der Waals surface area contributed by atoms with Crippen LogP contribution >= 0.6 is 0 Å². The molecule has 1 heterocycles. The fourth-order valence-corrected chi connectivity index (χ4v) is 2.73. The smallest absolute Gasteiger partial charge is 0.176 e. The highest BCUT2D eigenvalue weighted by atomic mass is 16.5. The summed E-state index contributed by atoms with van der Waals surface area (Å²) in [5.74, 6) is 1.81. The maximum Gasteiger partial charge on any atom is 0.176 e. The molecule has 0 spiro atoms. The number of aliphatic hydroxyl groups excluding tert-OH is 1. The molecule has 0 unspecified atom stereocenters. The van der Waals surface area contributed by atoms with E-state index in [-0.39, 0.29) is 12.4 Å². The Morgan fingerprint density at radius 3 is 2.50 bits per heavy atom. The summed E-state index contributed by atoms with van der Waals surface area (Å²) in [5, 5.41) is 19.7. The number of rotatable bonds is 6. The van der Waals surface area contributed by atoms with Gasteiger partial charge in [-0.25, -0.2) is 0 Å². The maximum absolute atomic E-state index is 9.73. The summed E-state index contributed by atoms with van der Waals surface area (Å²) in [6, 6.07) is 11.0. The van der Waals surface area contributed by atoms with Gasteiger partial charge in [-0.15, -0.1) is 0 Å². The highest BCUT2D eigenvalue weighted by molar-refractivity contribution is 5.88. The van der Waals surface area contributed by atoms with E-state index in [4.69, 9.17) is 19.0 Å². The van der Waals surface area contributed by atoms with Gasteiger partial charge in [0.05, 0.1) is 14.2 Å². The van der Waals surface area contributed by atoms with E-state index < -0.39 is 0 Å². The molecule has 3 aromatic rings. The summed E-state index contributed by atoms with van der Waals surface area (Å²) in [6.45, 7) is 0.157. The van der Waals surface area contributed by atoms with Gasteiger partial charge in [0, 0.05) is 17.6 Å². The Kier molecular flexibility index (Phi) is 4.62. The van der Waals surface area contributed by atoms with E-state index in [1.807, 2.05) is 18.2 Å². The van der Waals surface area contributed by atoms with E-state index >= 15 is 0 Å². The third-order valence-corrected chi connectivity index (χ3v) is 3.95. The summed E-state index contributed by atoms with van der Waals surface area (Å²) in [7, 11) is 3.12. The van der Waals surface area contributed by atoms with E-state index in [2.05, 4.69) is 0 Å². The largest absolute Gasteiger partial charge is 0.504 e. The van der Waals surface area contributed by atoms with Crippen LogP contribution < -0.4 is 9.47 Å². The summed E-state index contributed by atoms with van der Waals surface area (Å²) in [6.07, 6.45) is 1.48. The first-order valence-electron chi connectivity index (χ1n) is 7.75. The van der Waals surface area contributed by atoms with Crippen molar-refractivity contribution in [2.24, 2.45) is 0 Å². The van der Waals surface area contributed by atoms with Crippen LogP contribution in [0.3, 0.4) is 0 Å². The minimum atomic E-state index is 0.0845. The molecule has 2 aromatic carbocycles. The zero-order valence-corrected chi connectivity index (χ0v) is 13.7. The molecule has 0 fully saturated rings. The predicted molar refractivity (Wildman–Crippen MR) is 91.8 cm³/mol. The van der Waals surface area contributed by atoms with Crippen LogP contribution in [0, 0.1) is 0 Å². The molecule has 1 aromatic heterocycles. The number of aromatic hydroxyl groups is 1. The van der Waals surface area contributed by atoms with Crippen molar-refractivity contribution in [2.45, 2.75) is 12.8 Å². The van der Waals surface area contributed by atoms with Crippen molar-refractivity contribution in [1.29, 1.82) is 0 Å². The van der Waals surface area contributed by atoms with E-state index in [0.29, 0.717) is 29.3 Å². The van der Waals surface area contributed by atoms with Gasteiger partial charge in [0.2, 0.25) is 0 Å². The Bertz CT molecular complexity index is 850.